The Morgan fingerprint density at radius 2 is 2.35 bits per heavy atom. The van der Waals surface area contributed by atoms with Crippen LogP contribution in [0.1, 0.15) is 37.8 Å². The van der Waals surface area contributed by atoms with E-state index in [2.05, 4.69) is 15.7 Å². The third kappa shape index (κ3) is 3.02. The van der Waals surface area contributed by atoms with Crippen molar-refractivity contribution in [3.05, 3.63) is 11.1 Å². The van der Waals surface area contributed by atoms with Crippen molar-refractivity contribution in [1.82, 2.24) is 10.3 Å². The summed E-state index contributed by atoms with van der Waals surface area (Å²) in [5.74, 6) is -0.0946. The summed E-state index contributed by atoms with van der Waals surface area (Å²) >= 11 is 3.50. The second kappa shape index (κ2) is 5.66. The molecular weight excluding hydrogens is 292 g/mol. The van der Waals surface area contributed by atoms with Gasteiger partial charge in [0, 0.05) is 22.4 Å². The Kier molecular flexibility index (Phi) is 4.06. The fraction of sp³-hybridized carbons (Fsp3) is 0.714. The van der Waals surface area contributed by atoms with Crippen LogP contribution in [0, 0.1) is 6.92 Å². The summed E-state index contributed by atoms with van der Waals surface area (Å²) in [6.45, 7) is 2.02. The minimum absolute atomic E-state index is 0.0946. The normalized spacial score (nSPS) is 29.6. The first-order chi connectivity index (χ1) is 9.61. The molecule has 1 N–H and O–H groups in total. The third-order valence-electron chi connectivity index (χ3n) is 3.97. The second-order valence-electron chi connectivity index (χ2n) is 5.73. The van der Waals surface area contributed by atoms with Gasteiger partial charge in [-0.3, -0.25) is 10.1 Å². The molecule has 0 bridgehead atoms. The van der Waals surface area contributed by atoms with Crippen LogP contribution in [0.2, 0.25) is 0 Å². The van der Waals surface area contributed by atoms with Crippen LogP contribution in [0.15, 0.2) is 9.72 Å². The van der Waals surface area contributed by atoms with Gasteiger partial charge in [-0.1, -0.05) is 11.8 Å². The smallest absolute Gasteiger partial charge is 0.326 e. The molecule has 0 amide bonds. The van der Waals surface area contributed by atoms with Gasteiger partial charge in [0.05, 0.1) is 7.11 Å². The molecule has 0 radical (unpaired) electrons. The number of carbonyl (C=O) groups is 1. The molecule has 6 heteroatoms. The second-order valence-corrected chi connectivity index (χ2v) is 8.14. The Morgan fingerprint density at radius 3 is 2.95 bits per heavy atom. The zero-order chi connectivity index (χ0) is 14.2. The summed E-state index contributed by atoms with van der Waals surface area (Å²) in [6, 6.07) is 0.514. The van der Waals surface area contributed by atoms with E-state index in [0.717, 1.165) is 29.3 Å². The van der Waals surface area contributed by atoms with Gasteiger partial charge >= 0.3 is 5.97 Å². The number of esters is 1. The van der Waals surface area contributed by atoms with Crippen LogP contribution in [0.25, 0.3) is 0 Å². The van der Waals surface area contributed by atoms with Crippen molar-refractivity contribution in [2.75, 3.05) is 7.11 Å². The fourth-order valence-electron chi connectivity index (χ4n) is 2.82. The van der Waals surface area contributed by atoms with Gasteiger partial charge in [-0.15, -0.1) is 11.3 Å². The standard InChI is InChI=1S/C14H20N2O2S2/c1-9-8-19-13(15-9)20-11-5-6-14(7-11,12(17)18-2)16-10-3-4-10/h8,10-11,16H,3-7H2,1-2H3. The van der Waals surface area contributed by atoms with Crippen molar-refractivity contribution in [1.29, 1.82) is 0 Å². The van der Waals surface area contributed by atoms with Crippen molar-refractivity contribution in [3.8, 4) is 0 Å². The molecule has 1 heterocycles. The number of rotatable bonds is 5. The summed E-state index contributed by atoms with van der Waals surface area (Å²) in [7, 11) is 1.49. The summed E-state index contributed by atoms with van der Waals surface area (Å²) in [5, 5.41) is 6.06. The number of thioether (sulfide) groups is 1. The monoisotopic (exact) mass is 312 g/mol. The van der Waals surface area contributed by atoms with Crippen LogP contribution < -0.4 is 5.32 Å². The zero-order valence-electron chi connectivity index (χ0n) is 11.8. The summed E-state index contributed by atoms with van der Waals surface area (Å²) in [4.78, 5) is 16.7. The van der Waals surface area contributed by atoms with E-state index in [1.807, 2.05) is 18.7 Å². The number of aryl methyl sites for hydroxylation is 1. The number of ether oxygens (including phenoxy) is 1. The topological polar surface area (TPSA) is 51.2 Å². The van der Waals surface area contributed by atoms with Gasteiger partial charge in [0.2, 0.25) is 0 Å². The molecule has 2 saturated carbocycles. The molecule has 1 aromatic heterocycles. The number of nitrogens with one attached hydrogen (secondary N) is 1. The predicted molar refractivity (Wildman–Crippen MR) is 81.3 cm³/mol. The number of aromatic nitrogens is 1. The lowest BCUT2D eigenvalue weighted by atomic mass is 9.97. The molecule has 0 aliphatic heterocycles. The van der Waals surface area contributed by atoms with Crippen molar-refractivity contribution >= 4 is 29.1 Å². The average Bonchev–Trinajstić information content (AvgIpc) is 3.00. The van der Waals surface area contributed by atoms with Gasteiger partial charge in [0.15, 0.2) is 0 Å². The Labute approximate surface area is 127 Å². The first kappa shape index (κ1) is 14.4. The molecule has 2 unspecified atom stereocenters. The molecule has 0 saturated heterocycles. The van der Waals surface area contributed by atoms with E-state index in [0.29, 0.717) is 11.3 Å². The highest BCUT2D eigenvalue weighted by atomic mass is 32.2. The molecule has 110 valence electrons. The average molecular weight is 312 g/mol. The molecule has 2 aliphatic rings. The Morgan fingerprint density at radius 1 is 1.55 bits per heavy atom. The van der Waals surface area contributed by atoms with E-state index in [1.54, 1.807) is 11.3 Å². The minimum atomic E-state index is -0.458. The van der Waals surface area contributed by atoms with Crippen molar-refractivity contribution in [3.63, 3.8) is 0 Å². The maximum Gasteiger partial charge on any atom is 0.326 e. The van der Waals surface area contributed by atoms with Crippen LogP contribution in [-0.4, -0.2) is 34.9 Å². The van der Waals surface area contributed by atoms with E-state index in [9.17, 15) is 4.79 Å². The van der Waals surface area contributed by atoms with Crippen LogP contribution in [0.4, 0.5) is 0 Å². The highest BCUT2D eigenvalue weighted by Gasteiger charge is 2.49. The number of carbonyl (C=O) groups excluding carboxylic acids is 1. The Balaban J connectivity index is 1.66. The maximum atomic E-state index is 12.2. The van der Waals surface area contributed by atoms with E-state index >= 15 is 0 Å². The van der Waals surface area contributed by atoms with Crippen LogP contribution in [0.5, 0.6) is 0 Å². The van der Waals surface area contributed by atoms with Crippen LogP contribution in [0.3, 0.4) is 0 Å². The molecular formula is C14H20N2O2S2. The van der Waals surface area contributed by atoms with Crippen molar-refractivity contribution in [2.24, 2.45) is 0 Å². The Hall–Kier alpha value is -0.590. The molecule has 2 aliphatic carbocycles. The molecule has 2 fully saturated rings. The predicted octanol–water partition coefficient (Wildman–Crippen LogP) is 2.76. The van der Waals surface area contributed by atoms with Gasteiger partial charge < -0.3 is 4.74 Å². The van der Waals surface area contributed by atoms with Gasteiger partial charge in [-0.25, -0.2) is 4.98 Å². The molecule has 0 aromatic carbocycles. The highest BCUT2D eigenvalue weighted by molar-refractivity contribution is 8.01. The quantitative estimate of drug-likeness (QED) is 0.847. The molecule has 4 nitrogen and oxygen atoms in total. The highest BCUT2D eigenvalue weighted by Crippen LogP contribution is 2.43. The number of hydrogen-bond donors (Lipinski definition) is 1. The lowest BCUT2D eigenvalue weighted by molar-refractivity contribution is -0.148. The van der Waals surface area contributed by atoms with Crippen LogP contribution in [-0.2, 0) is 9.53 Å². The first-order valence-electron chi connectivity index (χ1n) is 7.06. The summed E-state index contributed by atoms with van der Waals surface area (Å²) in [5.41, 5.74) is 0.616. The molecule has 20 heavy (non-hydrogen) atoms. The first-order valence-corrected chi connectivity index (χ1v) is 8.82. The molecule has 1 aromatic rings. The number of hydrogen-bond acceptors (Lipinski definition) is 6. The number of nitrogens with zero attached hydrogens (tertiary/aromatic N) is 1. The van der Waals surface area contributed by atoms with Gasteiger partial charge in [-0.2, -0.15) is 0 Å². The number of methoxy groups -OCH3 is 1. The third-order valence-corrected chi connectivity index (χ3v) is 6.33. The van der Waals surface area contributed by atoms with E-state index in [-0.39, 0.29) is 5.97 Å². The summed E-state index contributed by atoms with van der Waals surface area (Å²) < 4.78 is 6.16. The molecule has 0 spiro atoms. The summed E-state index contributed by atoms with van der Waals surface area (Å²) in [6.07, 6.45) is 5.13. The maximum absolute atomic E-state index is 12.2. The zero-order valence-corrected chi connectivity index (χ0v) is 13.5. The van der Waals surface area contributed by atoms with E-state index < -0.39 is 5.54 Å². The largest absolute Gasteiger partial charge is 0.468 e. The van der Waals surface area contributed by atoms with Gasteiger partial charge in [0.1, 0.15) is 9.88 Å². The van der Waals surface area contributed by atoms with E-state index in [4.69, 9.17) is 4.74 Å². The lowest BCUT2D eigenvalue weighted by Crippen LogP contribution is -2.52. The Bertz CT molecular complexity index is 501. The molecule has 2 atom stereocenters. The van der Waals surface area contributed by atoms with Crippen LogP contribution >= 0.6 is 23.1 Å². The minimum Gasteiger partial charge on any atom is -0.468 e. The van der Waals surface area contributed by atoms with E-state index in [1.165, 1.54) is 20.0 Å². The fourth-order valence-corrected chi connectivity index (χ4v) is 5.20. The molecule has 3 rings (SSSR count). The van der Waals surface area contributed by atoms with Crippen molar-refractivity contribution < 1.29 is 9.53 Å². The number of thiazole rings is 1. The van der Waals surface area contributed by atoms with Gasteiger partial charge in [-0.05, 0) is 39.0 Å². The van der Waals surface area contributed by atoms with Gasteiger partial charge in [0.25, 0.3) is 0 Å². The lowest BCUT2D eigenvalue weighted by Gasteiger charge is -2.27. The van der Waals surface area contributed by atoms with Crippen molar-refractivity contribution in [2.45, 2.75) is 60.2 Å². The SMILES string of the molecule is COC(=O)C1(NC2CC2)CCC(Sc2nc(C)cs2)C1.